The molecule has 3 rings (SSSR count). The molecule has 2 N–H and O–H groups in total. The number of piperidine rings is 2. The Kier molecular flexibility index (Phi) is 9.71. The molecule has 0 bridgehead atoms. The van der Waals surface area contributed by atoms with Crippen molar-refractivity contribution < 1.29 is 8.42 Å². The Balaban J connectivity index is 0.00000182. The van der Waals surface area contributed by atoms with E-state index in [0.29, 0.717) is 17.6 Å². The number of anilines is 1. The van der Waals surface area contributed by atoms with Crippen molar-refractivity contribution in [2.45, 2.75) is 36.5 Å². The third kappa shape index (κ3) is 6.71. The first-order valence-electron chi connectivity index (χ1n) is 9.13. The third-order valence-electron chi connectivity index (χ3n) is 5.25. The summed E-state index contributed by atoms with van der Waals surface area (Å²) in [5.74, 6) is 1.30. The maximum absolute atomic E-state index is 12.1. The maximum atomic E-state index is 12.1. The van der Waals surface area contributed by atoms with E-state index in [1.807, 2.05) is 0 Å². The zero-order chi connectivity index (χ0) is 17.9. The first kappa shape index (κ1) is 24.4. The third-order valence-corrected chi connectivity index (χ3v) is 6.37. The number of hydrogen-bond acceptors (Lipinski definition) is 7. The van der Waals surface area contributed by atoms with Crippen LogP contribution in [-0.2, 0) is 9.84 Å². The van der Waals surface area contributed by atoms with E-state index in [9.17, 15) is 8.42 Å². The van der Waals surface area contributed by atoms with Crippen LogP contribution in [0.15, 0.2) is 11.1 Å². The molecule has 1 aromatic rings. The topological polar surface area (TPSA) is 87.2 Å². The van der Waals surface area contributed by atoms with E-state index < -0.39 is 9.84 Å². The molecule has 2 aliphatic rings. The van der Waals surface area contributed by atoms with Crippen molar-refractivity contribution in [3.63, 3.8) is 0 Å². The van der Waals surface area contributed by atoms with Gasteiger partial charge in [-0.1, -0.05) is 0 Å². The van der Waals surface area contributed by atoms with E-state index >= 15 is 0 Å². The van der Waals surface area contributed by atoms with E-state index in [-0.39, 0.29) is 35.6 Å². The van der Waals surface area contributed by atoms with E-state index in [1.165, 1.54) is 25.3 Å². The van der Waals surface area contributed by atoms with E-state index in [2.05, 4.69) is 32.5 Å². The number of likely N-dealkylation sites (tertiary alicyclic amines) is 1. The van der Waals surface area contributed by atoms with Crippen molar-refractivity contribution in [2.75, 3.05) is 51.3 Å². The highest BCUT2D eigenvalue weighted by molar-refractivity contribution is 7.90. The van der Waals surface area contributed by atoms with Crippen LogP contribution in [0, 0.1) is 5.92 Å². The van der Waals surface area contributed by atoms with E-state index in [4.69, 9.17) is 0 Å². The lowest BCUT2D eigenvalue weighted by Gasteiger charge is -2.29. The van der Waals surface area contributed by atoms with Crippen LogP contribution in [0.4, 0.5) is 5.95 Å². The summed E-state index contributed by atoms with van der Waals surface area (Å²) in [5, 5.41) is 6.67. The van der Waals surface area contributed by atoms with E-state index in [0.717, 1.165) is 45.6 Å². The van der Waals surface area contributed by atoms with Crippen LogP contribution in [0.25, 0.3) is 0 Å². The molecule has 10 heteroatoms. The van der Waals surface area contributed by atoms with Crippen molar-refractivity contribution in [3.8, 4) is 0 Å². The molecule has 156 valence electrons. The predicted octanol–water partition coefficient (Wildman–Crippen LogP) is 1.94. The number of rotatable bonds is 5. The molecule has 1 unspecified atom stereocenters. The Morgan fingerprint density at radius 2 is 1.96 bits per heavy atom. The lowest BCUT2D eigenvalue weighted by Crippen LogP contribution is -2.33. The fourth-order valence-electron chi connectivity index (χ4n) is 3.63. The Labute approximate surface area is 174 Å². The molecule has 2 fully saturated rings. The fraction of sp³-hybridized carbons (Fsp3) is 0.765. The van der Waals surface area contributed by atoms with Crippen molar-refractivity contribution in [1.29, 1.82) is 0 Å². The minimum Gasteiger partial charge on any atom is -0.354 e. The van der Waals surface area contributed by atoms with Crippen LogP contribution in [-0.4, -0.2) is 69.3 Å². The number of sulfone groups is 1. The van der Waals surface area contributed by atoms with Gasteiger partial charge in [0.2, 0.25) is 5.95 Å². The second-order valence-corrected chi connectivity index (χ2v) is 9.37. The Bertz CT molecular complexity index is 691. The zero-order valence-electron chi connectivity index (χ0n) is 16.0. The molecule has 2 aliphatic heterocycles. The Morgan fingerprint density at radius 1 is 1.26 bits per heavy atom. The zero-order valence-corrected chi connectivity index (χ0v) is 18.4. The summed E-state index contributed by atoms with van der Waals surface area (Å²) in [7, 11) is -1.17. The molecule has 0 saturated carbocycles. The summed E-state index contributed by atoms with van der Waals surface area (Å²) in [6, 6.07) is 0. The summed E-state index contributed by atoms with van der Waals surface area (Å²) in [6.45, 7) is 4.85. The molecule has 27 heavy (non-hydrogen) atoms. The van der Waals surface area contributed by atoms with Gasteiger partial charge in [-0.05, 0) is 58.3 Å². The SMILES string of the molecule is CN1CCC(CNc2ncc(S(C)(=O)=O)c(C3CCCNC3)n2)CC1.Cl.Cl. The summed E-state index contributed by atoms with van der Waals surface area (Å²) < 4.78 is 24.2. The smallest absolute Gasteiger partial charge is 0.222 e. The Hall–Kier alpha value is -0.670. The normalized spacial score (nSPS) is 21.8. The van der Waals surface area contributed by atoms with Crippen LogP contribution in [0.5, 0.6) is 0 Å². The molecule has 3 heterocycles. The van der Waals surface area contributed by atoms with Gasteiger partial charge in [0.15, 0.2) is 9.84 Å². The molecule has 1 atom stereocenters. The first-order chi connectivity index (χ1) is 11.9. The predicted molar refractivity (Wildman–Crippen MR) is 113 cm³/mol. The van der Waals surface area contributed by atoms with Gasteiger partial charge in [-0.25, -0.2) is 18.4 Å². The van der Waals surface area contributed by atoms with Crippen molar-refractivity contribution in [1.82, 2.24) is 20.2 Å². The molecular weight excluding hydrogens is 409 g/mol. The Morgan fingerprint density at radius 3 is 2.56 bits per heavy atom. The minimum atomic E-state index is -3.33. The van der Waals surface area contributed by atoms with Gasteiger partial charge >= 0.3 is 0 Å². The highest BCUT2D eigenvalue weighted by atomic mass is 35.5. The molecule has 0 aliphatic carbocycles. The largest absolute Gasteiger partial charge is 0.354 e. The van der Waals surface area contributed by atoms with E-state index in [1.54, 1.807) is 0 Å². The monoisotopic (exact) mass is 439 g/mol. The van der Waals surface area contributed by atoms with Gasteiger partial charge in [0.05, 0.1) is 11.9 Å². The molecule has 0 amide bonds. The lowest BCUT2D eigenvalue weighted by molar-refractivity contribution is 0.226. The molecule has 2 saturated heterocycles. The van der Waals surface area contributed by atoms with Gasteiger partial charge in [0.25, 0.3) is 0 Å². The van der Waals surface area contributed by atoms with Crippen LogP contribution in [0.1, 0.15) is 37.3 Å². The first-order valence-corrected chi connectivity index (χ1v) is 11.0. The number of hydrogen-bond donors (Lipinski definition) is 2. The molecule has 0 radical (unpaired) electrons. The van der Waals surface area contributed by atoms with Gasteiger partial charge in [-0.3, -0.25) is 0 Å². The van der Waals surface area contributed by atoms with Crippen LogP contribution < -0.4 is 10.6 Å². The van der Waals surface area contributed by atoms with Gasteiger partial charge in [0.1, 0.15) is 4.90 Å². The molecular formula is C17H31Cl2N5O2S. The molecule has 7 nitrogen and oxygen atoms in total. The highest BCUT2D eigenvalue weighted by Gasteiger charge is 2.25. The number of aromatic nitrogens is 2. The average Bonchev–Trinajstić information content (AvgIpc) is 2.61. The summed E-state index contributed by atoms with van der Waals surface area (Å²) in [5.41, 5.74) is 0.663. The second kappa shape index (κ2) is 10.8. The van der Waals surface area contributed by atoms with Gasteiger partial charge in [-0.15, -0.1) is 24.8 Å². The van der Waals surface area contributed by atoms with Gasteiger partial charge in [-0.2, -0.15) is 0 Å². The lowest BCUT2D eigenvalue weighted by atomic mass is 9.96. The molecule has 0 aromatic carbocycles. The fourth-order valence-corrected chi connectivity index (χ4v) is 4.47. The quantitative estimate of drug-likeness (QED) is 0.724. The second-order valence-electron chi connectivity index (χ2n) is 7.39. The van der Waals surface area contributed by atoms with Crippen molar-refractivity contribution >= 4 is 40.6 Å². The minimum absolute atomic E-state index is 0. The molecule has 1 aromatic heterocycles. The average molecular weight is 440 g/mol. The highest BCUT2D eigenvalue weighted by Crippen LogP contribution is 2.28. The van der Waals surface area contributed by atoms with Gasteiger partial charge in [0, 0.05) is 25.3 Å². The number of nitrogens with zero attached hydrogens (tertiary/aromatic N) is 3. The maximum Gasteiger partial charge on any atom is 0.222 e. The standard InChI is InChI=1S/C17H29N5O2S.2ClH/c1-22-8-5-13(6-9-22)10-19-17-20-12-15(25(2,23)24)16(21-17)14-4-3-7-18-11-14;;/h12-14,18H,3-11H2,1-2H3,(H,19,20,21);2*1H. The van der Waals surface area contributed by atoms with Gasteiger partial charge < -0.3 is 15.5 Å². The van der Waals surface area contributed by atoms with Crippen LogP contribution >= 0.6 is 24.8 Å². The summed E-state index contributed by atoms with van der Waals surface area (Å²) in [4.78, 5) is 11.5. The van der Waals surface area contributed by atoms with Crippen LogP contribution in [0.2, 0.25) is 0 Å². The van der Waals surface area contributed by atoms with Crippen molar-refractivity contribution in [2.24, 2.45) is 5.92 Å². The van der Waals surface area contributed by atoms with Crippen molar-refractivity contribution in [3.05, 3.63) is 11.9 Å². The summed E-state index contributed by atoms with van der Waals surface area (Å²) in [6.07, 6.45) is 7.05. The summed E-state index contributed by atoms with van der Waals surface area (Å²) >= 11 is 0. The van der Waals surface area contributed by atoms with Crippen LogP contribution in [0.3, 0.4) is 0 Å². The number of halogens is 2. The molecule has 0 spiro atoms. The number of nitrogens with one attached hydrogen (secondary N) is 2.